The van der Waals surface area contributed by atoms with E-state index in [4.69, 9.17) is 17.3 Å². The van der Waals surface area contributed by atoms with Gasteiger partial charge >= 0.3 is 5.69 Å². The van der Waals surface area contributed by atoms with Crippen LogP contribution in [0.1, 0.15) is 19.3 Å². The van der Waals surface area contributed by atoms with Gasteiger partial charge in [0.05, 0.1) is 5.38 Å². The minimum atomic E-state index is -0.355. The summed E-state index contributed by atoms with van der Waals surface area (Å²) in [6.07, 6.45) is 3.14. The first-order valence-electron chi connectivity index (χ1n) is 5.32. The average Bonchev–Trinajstić information content (AvgIpc) is 2.60. The van der Waals surface area contributed by atoms with Crippen LogP contribution in [0.4, 0.5) is 11.6 Å². The molecule has 0 unspecified atom stereocenters. The van der Waals surface area contributed by atoms with Gasteiger partial charge in [-0.05, 0) is 19.3 Å². The fourth-order valence-corrected chi connectivity index (χ4v) is 2.31. The lowest BCUT2D eigenvalue weighted by atomic mass is 10.2. The number of rotatable bonds is 2. The standard InChI is InChI=1S/C10H15ClN4O/c1-15-9(5-8(12)14-10(15)16)13-7-4-2-3-6(7)11/h5-7,13H,2-4H2,1H3,(H2,12,14,16)/t6-,7+/m0/s1. The van der Waals surface area contributed by atoms with Crippen molar-refractivity contribution in [1.29, 1.82) is 0 Å². The summed E-state index contributed by atoms with van der Waals surface area (Å²) in [5.41, 5.74) is 5.18. The first kappa shape index (κ1) is 11.3. The summed E-state index contributed by atoms with van der Waals surface area (Å²) in [7, 11) is 1.66. The van der Waals surface area contributed by atoms with E-state index in [0.29, 0.717) is 5.82 Å². The van der Waals surface area contributed by atoms with Crippen LogP contribution < -0.4 is 16.7 Å². The van der Waals surface area contributed by atoms with Crippen molar-refractivity contribution in [3.8, 4) is 0 Å². The van der Waals surface area contributed by atoms with Crippen LogP contribution in [0, 0.1) is 0 Å². The Balaban J connectivity index is 2.24. The Morgan fingerprint density at radius 2 is 2.38 bits per heavy atom. The quantitative estimate of drug-likeness (QED) is 0.757. The molecule has 6 heteroatoms. The topological polar surface area (TPSA) is 72.9 Å². The SMILES string of the molecule is Cn1c(N[C@@H]2CCC[C@@H]2Cl)cc(N)nc1=O. The molecule has 1 aliphatic carbocycles. The lowest BCUT2D eigenvalue weighted by Gasteiger charge is -2.19. The van der Waals surface area contributed by atoms with Crippen LogP contribution in [-0.2, 0) is 7.05 Å². The zero-order valence-electron chi connectivity index (χ0n) is 9.11. The molecule has 16 heavy (non-hydrogen) atoms. The fourth-order valence-electron chi connectivity index (χ4n) is 1.96. The largest absolute Gasteiger partial charge is 0.383 e. The highest BCUT2D eigenvalue weighted by Gasteiger charge is 2.25. The molecule has 5 nitrogen and oxygen atoms in total. The molecule has 1 fully saturated rings. The summed E-state index contributed by atoms with van der Waals surface area (Å²) in [5, 5.41) is 3.37. The molecule has 0 spiro atoms. The number of hydrogen-bond acceptors (Lipinski definition) is 4. The second-order valence-corrected chi connectivity index (χ2v) is 4.67. The molecule has 0 amide bonds. The van der Waals surface area contributed by atoms with Crippen molar-refractivity contribution in [2.75, 3.05) is 11.1 Å². The summed E-state index contributed by atoms with van der Waals surface area (Å²) < 4.78 is 1.44. The van der Waals surface area contributed by atoms with E-state index in [9.17, 15) is 4.79 Å². The van der Waals surface area contributed by atoms with Crippen molar-refractivity contribution < 1.29 is 0 Å². The number of halogens is 1. The maximum atomic E-state index is 11.4. The molecule has 1 aromatic rings. The Hall–Kier alpha value is -1.23. The first-order chi connectivity index (χ1) is 7.58. The van der Waals surface area contributed by atoms with E-state index in [-0.39, 0.29) is 22.9 Å². The second-order valence-electron chi connectivity index (χ2n) is 4.11. The van der Waals surface area contributed by atoms with E-state index in [2.05, 4.69) is 10.3 Å². The van der Waals surface area contributed by atoms with E-state index in [1.165, 1.54) is 4.57 Å². The molecule has 0 saturated heterocycles. The number of aromatic nitrogens is 2. The van der Waals surface area contributed by atoms with E-state index in [1.54, 1.807) is 13.1 Å². The van der Waals surface area contributed by atoms with Gasteiger partial charge in [-0.2, -0.15) is 4.98 Å². The van der Waals surface area contributed by atoms with Gasteiger partial charge in [0.15, 0.2) is 0 Å². The van der Waals surface area contributed by atoms with Gasteiger partial charge in [0.2, 0.25) is 0 Å². The summed E-state index contributed by atoms with van der Waals surface area (Å²) in [5.74, 6) is 0.907. The predicted octanol–water partition coefficient (Wildman–Crippen LogP) is 0.934. The number of nitrogen functional groups attached to an aromatic ring is 1. The Bertz CT molecular complexity index is 445. The van der Waals surface area contributed by atoms with Gasteiger partial charge in [-0.15, -0.1) is 11.6 Å². The maximum Gasteiger partial charge on any atom is 0.350 e. The van der Waals surface area contributed by atoms with Crippen molar-refractivity contribution in [3.63, 3.8) is 0 Å². The van der Waals surface area contributed by atoms with Crippen LogP contribution in [0.3, 0.4) is 0 Å². The van der Waals surface area contributed by atoms with Gasteiger partial charge < -0.3 is 11.1 Å². The zero-order chi connectivity index (χ0) is 11.7. The van der Waals surface area contributed by atoms with Gasteiger partial charge in [0.1, 0.15) is 11.6 Å². The highest BCUT2D eigenvalue weighted by Crippen LogP contribution is 2.26. The van der Waals surface area contributed by atoms with Gasteiger partial charge in [0, 0.05) is 19.2 Å². The van der Waals surface area contributed by atoms with Crippen LogP contribution in [-0.4, -0.2) is 21.0 Å². The molecule has 1 aromatic heterocycles. The molecule has 2 rings (SSSR count). The second kappa shape index (κ2) is 4.33. The molecule has 1 saturated carbocycles. The minimum absolute atomic E-state index is 0.115. The van der Waals surface area contributed by atoms with Crippen LogP contribution >= 0.6 is 11.6 Å². The third-order valence-corrected chi connectivity index (χ3v) is 3.44. The molecule has 2 atom stereocenters. The number of hydrogen-bond donors (Lipinski definition) is 2. The molecule has 3 N–H and O–H groups in total. The van der Waals surface area contributed by atoms with E-state index in [0.717, 1.165) is 19.3 Å². The molecule has 1 heterocycles. The molecule has 0 aliphatic heterocycles. The molecule has 0 aromatic carbocycles. The van der Waals surface area contributed by atoms with Crippen molar-refractivity contribution in [1.82, 2.24) is 9.55 Å². The fraction of sp³-hybridized carbons (Fsp3) is 0.600. The van der Waals surface area contributed by atoms with Crippen molar-refractivity contribution in [2.24, 2.45) is 7.05 Å². The number of nitrogens with one attached hydrogen (secondary N) is 1. The van der Waals surface area contributed by atoms with Crippen LogP contribution in [0.25, 0.3) is 0 Å². The number of nitrogens with two attached hydrogens (primary N) is 1. The molecule has 0 bridgehead atoms. The summed E-state index contributed by atoms with van der Waals surface area (Å²) in [6.45, 7) is 0. The van der Waals surface area contributed by atoms with E-state index >= 15 is 0 Å². The third kappa shape index (κ3) is 2.14. The monoisotopic (exact) mass is 242 g/mol. The molecule has 1 aliphatic rings. The summed E-state index contributed by atoms with van der Waals surface area (Å²) in [4.78, 5) is 15.1. The van der Waals surface area contributed by atoms with Gasteiger partial charge in [-0.3, -0.25) is 4.57 Å². The van der Waals surface area contributed by atoms with Crippen molar-refractivity contribution in [2.45, 2.75) is 30.7 Å². The number of anilines is 2. The Labute approximate surface area is 98.6 Å². The first-order valence-corrected chi connectivity index (χ1v) is 5.75. The lowest BCUT2D eigenvalue weighted by molar-refractivity contribution is 0.727. The number of nitrogens with zero attached hydrogens (tertiary/aromatic N) is 2. The van der Waals surface area contributed by atoms with Crippen molar-refractivity contribution in [3.05, 3.63) is 16.6 Å². The minimum Gasteiger partial charge on any atom is -0.383 e. The van der Waals surface area contributed by atoms with Gasteiger partial charge in [-0.1, -0.05) is 0 Å². The van der Waals surface area contributed by atoms with Crippen molar-refractivity contribution >= 4 is 23.2 Å². The highest BCUT2D eigenvalue weighted by molar-refractivity contribution is 6.21. The van der Waals surface area contributed by atoms with Crippen LogP contribution in [0.15, 0.2) is 10.9 Å². The predicted molar refractivity (Wildman–Crippen MR) is 64.8 cm³/mol. The molecule has 0 radical (unpaired) electrons. The van der Waals surface area contributed by atoms with E-state index in [1.807, 2.05) is 0 Å². The summed E-state index contributed by atoms with van der Waals surface area (Å²) in [6, 6.07) is 1.86. The lowest BCUT2D eigenvalue weighted by Crippen LogP contribution is -2.30. The molecular weight excluding hydrogens is 228 g/mol. The molecular formula is C10H15ClN4O. The Morgan fingerprint density at radius 1 is 1.62 bits per heavy atom. The number of alkyl halides is 1. The third-order valence-electron chi connectivity index (χ3n) is 2.92. The van der Waals surface area contributed by atoms with E-state index < -0.39 is 0 Å². The Kier molecular flexibility index (Phi) is 3.05. The van der Waals surface area contributed by atoms with Gasteiger partial charge in [0.25, 0.3) is 0 Å². The van der Waals surface area contributed by atoms with Crippen LogP contribution in [0.5, 0.6) is 0 Å². The highest BCUT2D eigenvalue weighted by atomic mass is 35.5. The van der Waals surface area contributed by atoms with Gasteiger partial charge in [-0.25, -0.2) is 4.79 Å². The Morgan fingerprint density at radius 3 is 3.00 bits per heavy atom. The normalized spacial score (nSPS) is 24.6. The summed E-state index contributed by atoms with van der Waals surface area (Å²) >= 11 is 6.16. The zero-order valence-corrected chi connectivity index (χ0v) is 9.87. The molecule has 88 valence electrons. The average molecular weight is 243 g/mol. The van der Waals surface area contributed by atoms with Crippen LogP contribution in [0.2, 0.25) is 0 Å². The maximum absolute atomic E-state index is 11.4. The smallest absolute Gasteiger partial charge is 0.350 e.